The standard InChI is InChI=1S/C23H18N2O7S/c1-3-31-22(29)13-8-9-16-18(10-13)33-23(25(16)11-19(26)30-2)24-21(28)15-12-32-17-7-5-4-6-14(17)20(15)27/h4-10,12H,3,11H2,1-2H3. The van der Waals surface area contributed by atoms with Crippen LogP contribution in [-0.4, -0.2) is 36.1 Å². The van der Waals surface area contributed by atoms with Crippen LogP contribution in [0.25, 0.3) is 21.2 Å². The van der Waals surface area contributed by atoms with E-state index in [1.54, 1.807) is 49.4 Å². The highest BCUT2D eigenvalue weighted by Gasteiger charge is 2.17. The van der Waals surface area contributed by atoms with E-state index < -0.39 is 23.3 Å². The largest absolute Gasteiger partial charge is 0.468 e. The van der Waals surface area contributed by atoms with E-state index >= 15 is 0 Å². The van der Waals surface area contributed by atoms with Crippen molar-refractivity contribution in [3.8, 4) is 0 Å². The maximum Gasteiger partial charge on any atom is 0.338 e. The summed E-state index contributed by atoms with van der Waals surface area (Å²) in [6, 6.07) is 11.4. The molecule has 10 heteroatoms. The summed E-state index contributed by atoms with van der Waals surface area (Å²) in [5, 5.41) is 0.261. The summed E-state index contributed by atoms with van der Waals surface area (Å²) in [7, 11) is 1.25. The van der Waals surface area contributed by atoms with E-state index in [-0.39, 0.29) is 28.9 Å². The molecule has 0 N–H and O–H groups in total. The Hall–Kier alpha value is -4.05. The van der Waals surface area contributed by atoms with Crippen molar-refractivity contribution in [3.63, 3.8) is 0 Å². The van der Waals surface area contributed by atoms with Gasteiger partial charge in [-0.25, -0.2) is 4.79 Å². The quantitative estimate of drug-likeness (QED) is 0.415. The van der Waals surface area contributed by atoms with Gasteiger partial charge in [0, 0.05) is 0 Å². The molecule has 0 radical (unpaired) electrons. The summed E-state index contributed by atoms with van der Waals surface area (Å²) in [4.78, 5) is 54.0. The molecule has 0 saturated carbocycles. The van der Waals surface area contributed by atoms with E-state index in [1.807, 2.05) is 0 Å². The lowest BCUT2D eigenvalue weighted by Crippen LogP contribution is -2.23. The van der Waals surface area contributed by atoms with E-state index in [0.29, 0.717) is 21.4 Å². The van der Waals surface area contributed by atoms with E-state index in [9.17, 15) is 19.2 Å². The van der Waals surface area contributed by atoms with E-state index in [2.05, 4.69) is 4.99 Å². The molecule has 0 aliphatic carbocycles. The van der Waals surface area contributed by atoms with Gasteiger partial charge in [-0.1, -0.05) is 23.5 Å². The van der Waals surface area contributed by atoms with Gasteiger partial charge in [0.1, 0.15) is 24.0 Å². The van der Waals surface area contributed by atoms with Gasteiger partial charge in [0.25, 0.3) is 5.91 Å². The molecule has 2 aromatic carbocycles. The van der Waals surface area contributed by atoms with Gasteiger partial charge in [-0.2, -0.15) is 4.99 Å². The number of carbonyl (C=O) groups is 3. The second kappa shape index (κ2) is 9.21. The highest BCUT2D eigenvalue weighted by molar-refractivity contribution is 7.16. The zero-order valence-corrected chi connectivity index (χ0v) is 18.5. The number of aromatic nitrogens is 1. The molecule has 0 bridgehead atoms. The fourth-order valence-corrected chi connectivity index (χ4v) is 4.29. The van der Waals surface area contributed by atoms with Crippen molar-refractivity contribution in [2.24, 2.45) is 4.99 Å². The Morgan fingerprint density at radius 3 is 2.70 bits per heavy atom. The van der Waals surface area contributed by atoms with Crippen LogP contribution in [0, 0.1) is 0 Å². The number of hydrogen-bond donors (Lipinski definition) is 0. The summed E-state index contributed by atoms with van der Waals surface area (Å²) in [6.07, 6.45) is 1.08. The van der Waals surface area contributed by atoms with Crippen LogP contribution in [-0.2, 0) is 20.8 Å². The van der Waals surface area contributed by atoms with Crippen molar-refractivity contribution in [1.82, 2.24) is 4.57 Å². The SMILES string of the molecule is CCOC(=O)c1ccc2c(c1)sc(=NC(=O)c1coc3ccccc3c1=O)n2CC(=O)OC. The molecule has 0 fully saturated rings. The molecule has 168 valence electrons. The normalized spacial score (nSPS) is 11.6. The minimum Gasteiger partial charge on any atom is -0.468 e. The van der Waals surface area contributed by atoms with Crippen molar-refractivity contribution in [2.75, 3.05) is 13.7 Å². The van der Waals surface area contributed by atoms with Crippen molar-refractivity contribution < 1.29 is 28.3 Å². The molecule has 0 aliphatic heterocycles. The van der Waals surface area contributed by atoms with Gasteiger partial charge in [0.2, 0.25) is 5.43 Å². The molecule has 4 rings (SSSR count). The summed E-state index contributed by atoms with van der Waals surface area (Å²) < 4.78 is 17.3. The van der Waals surface area contributed by atoms with E-state index in [4.69, 9.17) is 13.9 Å². The molecule has 2 aromatic heterocycles. The second-order valence-electron chi connectivity index (χ2n) is 6.84. The first-order chi connectivity index (χ1) is 15.9. The second-order valence-corrected chi connectivity index (χ2v) is 7.85. The first-order valence-electron chi connectivity index (χ1n) is 9.90. The molecule has 33 heavy (non-hydrogen) atoms. The number of esters is 2. The first-order valence-corrected chi connectivity index (χ1v) is 10.7. The zero-order chi connectivity index (χ0) is 23.5. The number of methoxy groups -OCH3 is 1. The predicted octanol–water partition coefficient (Wildman–Crippen LogP) is 2.90. The molecule has 1 amide bonds. The van der Waals surface area contributed by atoms with Crippen molar-refractivity contribution in [2.45, 2.75) is 13.5 Å². The molecule has 0 atom stereocenters. The van der Waals surface area contributed by atoms with Gasteiger partial charge in [0.05, 0.1) is 34.9 Å². The third-order valence-electron chi connectivity index (χ3n) is 4.82. The molecule has 0 aliphatic rings. The van der Waals surface area contributed by atoms with Gasteiger partial charge >= 0.3 is 11.9 Å². The lowest BCUT2D eigenvalue weighted by molar-refractivity contribution is -0.141. The minimum absolute atomic E-state index is 0.161. The van der Waals surface area contributed by atoms with Crippen LogP contribution >= 0.6 is 11.3 Å². The number of ether oxygens (including phenoxy) is 2. The highest BCUT2D eigenvalue weighted by atomic mass is 32.1. The van der Waals surface area contributed by atoms with E-state index in [0.717, 1.165) is 17.6 Å². The number of nitrogens with zero attached hydrogens (tertiary/aromatic N) is 2. The number of fused-ring (bicyclic) bond motifs is 2. The van der Waals surface area contributed by atoms with Crippen LogP contribution in [0.5, 0.6) is 0 Å². The molecule has 0 spiro atoms. The van der Waals surface area contributed by atoms with Crippen molar-refractivity contribution >= 4 is 50.4 Å². The molecule has 2 heterocycles. The number of thiazole rings is 1. The number of rotatable bonds is 5. The topological polar surface area (TPSA) is 117 Å². The molecule has 9 nitrogen and oxygen atoms in total. The molecule has 4 aromatic rings. The Balaban J connectivity index is 1.85. The predicted molar refractivity (Wildman–Crippen MR) is 120 cm³/mol. The Kier molecular flexibility index (Phi) is 6.18. The van der Waals surface area contributed by atoms with Gasteiger partial charge in [-0.3, -0.25) is 14.4 Å². The number of benzene rings is 2. The molecular formula is C23H18N2O7S. The maximum absolute atomic E-state index is 12.9. The fourth-order valence-electron chi connectivity index (χ4n) is 3.22. The van der Waals surface area contributed by atoms with Crippen LogP contribution in [0.2, 0.25) is 0 Å². The zero-order valence-electron chi connectivity index (χ0n) is 17.7. The molecular weight excluding hydrogens is 448 g/mol. The fraction of sp³-hybridized carbons (Fsp3) is 0.174. The maximum atomic E-state index is 12.9. The summed E-state index contributed by atoms with van der Waals surface area (Å²) >= 11 is 1.09. The first kappa shape index (κ1) is 22.2. The molecule has 0 unspecified atom stereocenters. The third-order valence-corrected chi connectivity index (χ3v) is 5.86. The van der Waals surface area contributed by atoms with Crippen LogP contribution in [0.15, 0.2) is 62.9 Å². The number of carbonyl (C=O) groups excluding carboxylic acids is 3. The smallest absolute Gasteiger partial charge is 0.338 e. The average Bonchev–Trinajstić information content (AvgIpc) is 3.15. The summed E-state index contributed by atoms with van der Waals surface area (Å²) in [5.41, 5.74) is 0.506. The van der Waals surface area contributed by atoms with E-state index in [1.165, 1.54) is 11.7 Å². The van der Waals surface area contributed by atoms with Crippen LogP contribution in [0.3, 0.4) is 0 Å². The van der Waals surface area contributed by atoms with Crippen LogP contribution in [0.1, 0.15) is 27.6 Å². The summed E-state index contributed by atoms with van der Waals surface area (Å²) in [6.45, 7) is 1.72. The van der Waals surface area contributed by atoms with Gasteiger partial charge in [0.15, 0.2) is 4.80 Å². The average molecular weight is 466 g/mol. The monoisotopic (exact) mass is 466 g/mol. The third kappa shape index (κ3) is 4.33. The Bertz CT molecular complexity index is 1530. The lowest BCUT2D eigenvalue weighted by atomic mass is 10.1. The van der Waals surface area contributed by atoms with Crippen LogP contribution in [0.4, 0.5) is 0 Å². The number of amides is 1. The van der Waals surface area contributed by atoms with Gasteiger partial charge in [-0.15, -0.1) is 0 Å². The van der Waals surface area contributed by atoms with Crippen LogP contribution < -0.4 is 10.2 Å². The Morgan fingerprint density at radius 1 is 1.15 bits per heavy atom. The summed E-state index contributed by atoms with van der Waals surface area (Å²) in [5.74, 6) is -1.86. The number of para-hydroxylation sites is 1. The van der Waals surface area contributed by atoms with Crippen molar-refractivity contribution in [3.05, 3.63) is 74.9 Å². The molecule has 0 saturated heterocycles. The Morgan fingerprint density at radius 2 is 1.94 bits per heavy atom. The van der Waals surface area contributed by atoms with Gasteiger partial charge in [-0.05, 0) is 37.3 Å². The lowest BCUT2D eigenvalue weighted by Gasteiger charge is -2.05. The minimum atomic E-state index is -0.815. The Labute approximate surface area is 190 Å². The highest BCUT2D eigenvalue weighted by Crippen LogP contribution is 2.20. The number of hydrogen-bond acceptors (Lipinski definition) is 8. The van der Waals surface area contributed by atoms with Gasteiger partial charge < -0.3 is 18.5 Å². The van der Waals surface area contributed by atoms with Crippen molar-refractivity contribution in [1.29, 1.82) is 0 Å².